The number of hydrogen-bond donors (Lipinski definition) is 2. The largest absolute Gasteiger partial charge is 0.495 e. The van der Waals surface area contributed by atoms with Crippen LogP contribution in [0.3, 0.4) is 0 Å². The van der Waals surface area contributed by atoms with E-state index in [9.17, 15) is 8.42 Å². The van der Waals surface area contributed by atoms with Crippen molar-refractivity contribution >= 4 is 22.4 Å². The molecule has 1 unspecified atom stereocenters. The third-order valence-corrected chi connectivity index (χ3v) is 4.99. The van der Waals surface area contributed by atoms with Crippen LogP contribution in [0.15, 0.2) is 23.1 Å². The summed E-state index contributed by atoms with van der Waals surface area (Å²) >= 11 is 0. The van der Waals surface area contributed by atoms with Gasteiger partial charge in [-0.15, -0.1) is 12.4 Å². The van der Waals surface area contributed by atoms with E-state index < -0.39 is 10.0 Å². The lowest BCUT2D eigenvalue weighted by atomic mass is 10.1. The van der Waals surface area contributed by atoms with Gasteiger partial charge >= 0.3 is 0 Å². The van der Waals surface area contributed by atoms with Crippen molar-refractivity contribution in [2.45, 2.75) is 37.1 Å². The Morgan fingerprint density at radius 1 is 1.38 bits per heavy atom. The van der Waals surface area contributed by atoms with Gasteiger partial charge in [-0.2, -0.15) is 0 Å². The van der Waals surface area contributed by atoms with E-state index in [1.54, 1.807) is 12.1 Å². The van der Waals surface area contributed by atoms with Crippen LogP contribution in [0.4, 0.5) is 0 Å². The van der Waals surface area contributed by atoms with E-state index in [2.05, 4.69) is 10.0 Å². The summed E-state index contributed by atoms with van der Waals surface area (Å²) in [7, 11) is -2.06. The Morgan fingerprint density at radius 2 is 2.14 bits per heavy atom. The van der Waals surface area contributed by atoms with E-state index in [1.807, 2.05) is 13.0 Å². The molecule has 0 bridgehead atoms. The maximum absolute atomic E-state index is 12.4. The van der Waals surface area contributed by atoms with Crippen LogP contribution in [-0.4, -0.2) is 34.7 Å². The van der Waals surface area contributed by atoms with Crippen LogP contribution in [0.2, 0.25) is 0 Å². The third kappa shape index (κ3) is 4.85. The summed E-state index contributed by atoms with van der Waals surface area (Å²) in [5, 5.41) is 3.32. The molecule has 1 atom stereocenters. The van der Waals surface area contributed by atoms with Crippen LogP contribution < -0.4 is 14.8 Å². The lowest BCUT2D eigenvalue weighted by Crippen LogP contribution is -2.43. The lowest BCUT2D eigenvalue weighted by Gasteiger charge is -2.23. The van der Waals surface area contributed by atoms with Crippen molar-refractivity contribution in [3.63, 3.8) is 0 Å². The summed E-state index contributed by atoms with van der Waals surface area (Å²) in [5.74, 6) is 0.375. The molecule has 1 aromatic rings. The molecular formula is C14H23ClN2O3S. The van der Waals surface area contributed by atoms with Gasteiger partial charge in [-0.05, 0) is 44.0 Å². The van der Waals surface area contributed by atoms with Gasteiger partial charge in [0.1, 0.15) is 10.6 Å². The van der Waals surface area contributed by atoms with Crippen LogP contribution in [0.1, 0.15) is 24.8 Å². The minimum absolute atomic E-state index is 0. The topological polar surface area (TPSA) is 67.4 Å². The van der Waals surface area contributed by atoms with Crippen molar-refractivity contribution < 1.29 is 13.2 Å². The molecule has 5 nitrogen and oxygen atoms in total. The van der Waals surface area contributed by atoms with Crippen molar-refractivity contribution in [1.82, 2.24) is 10.0 Å². The second-order valence-electron chi connectivity index (χ2n) is 5.15. The summed E-state index contributed by atoms with van der Waals surface area (Å²) in [6, 6.07) is 5.37. The highest BCUT2D eigenvalue weighted by atomic mass is 35.5. The molecule has 0 aromatic heterocycles. The zero-order valence-electron chi connectivity index (χ0n) is 12.4. The predicted octanol–water partition coefficient (Wildman–Crippen LogP) is 1.85. The maximum atomic E-state index is 12.4. The molecule has 1 aliphatic rings. The summed E-state index contributed by atoms with van der Waals surface area (Å²) in [6.07, 6.45) is 3.32. The molecular weight excluding hydrogens is 312 g/mol. The number of hydrogen-bond acceptors (Lipinski definition) is 4. The molecule has 120 valence electrons. The van der Waals surface area contributed by atoms with Gasteiger partial charge < -0.3 is 10.1 Å². The molecule has 0 spiro atoms. The standard InChI is InChI=1S/C14H22N2O3S.ClH/c1-11-6-7-13(19-2)14(9-11)20(17,18)16-10-12-5-3-4-8-15-12;/h6-7,9,12,15-16H,3-5,8,10H2,1-2H3;1H. The molecule has 7 heteroatoms. The molecule has 2 rings (SSSR count). The fourth-order valence-corrected chi connectivity index (χ4v) is 3.71. The summed E-state index contributed by atoms with van der Waals surface area (Å²) in [6.45, 7) is 3.24. The van der Waals surface area contributed by atoms with E-state index in [-0.39, 0.29) is 23.3 Å². The Hall–Kier alpha value is -0.820. The highest BCUT2D eigenvalue weighted by Gasteiger charge is 2.21. The highest BCUT2D eigenvalue weighted by Crippen LogP contribution is 2.24. The summed E-state index contributed by atoms with van der Waals surface area (Å²) in [4.78, 5) is 0.204. The third-order valence-electron chi connectivity index (χ3n) is 3.54. The van der Waals surface area contributed by atoms with Crippen LogP contribution in [0.25, 0.3) is 0 Å². The van der Waals surface area contributed by atoms with Crippen LogP contribution >= 0.6 is 12.4 Å². The SMILES string of the molecule is COc1ccc(C)cc1S(=O)(=O)NCC1CCCCN1.Cl. The minimum Gasteiger partial charge on any atom is -0.495 e. The Bertz CT molecular complexity index is 557. The summed E-state index contributed by atoms with van der Waals surface area (Å²) in [5.41, 5.74) is 0.891. The van der Waals surface area contributed by atoms with Crippen molar-refractivity contribution in [3.05, 3.63) is 23.8 Å². The molecule has 2 N–H and O–H groups in total. The number of ether oxygens (including phenoxy) is 1. The second kappa shape index (κ2) is 7.98. The highest BCUT2D eigenvalue weighted by molar-refractivity contribution is 7.89. The van der Waals surface area contributed by atoms with Gasteiger partial charge in [0, 0.05) is 12.6 Å². The van der Waals surface area contributed by atoms with Gasteiger partial charge in [0.05, 0.1) is 7.11 Å². The van der Waals surface area contributed by atoms with Gasteiger partial charge in [-0.1, -0.05) is 12.5 Å². The first-order chi connectivity index (χ1) is 9.53. The minimum atomic E-state index is -3.54. The van der Waals surface area contributed by atoms with Crippen LogP contribution in [-0.2, 0) is 10.0 Å². The van der Waals surface area contributed by atoms with Gasteiger partial charge in [0.25, 0.3) is 0 Å². The predicted molar refractivity (Wildman–Crippen MR) is 85.8 cm³/mol. The fourth-order valence-electron chi connectivity index (χ4n) is 2.38. The van der Waals surface area contributed by atoms with E-state index in [4.69, 9.17) is 4.74 Å². The van der Waals surface area contributed by atoms with Crippen LogP contribution in [0, 0.1) is 6.92 Å². The number of sulfonamides is 1. The van der Waals surface area contributed by atoms with Crippen molar-refractivity contribution in [1.29, 1.82) is 0 Å². The smallest absolute Gasteiger partial charge is 0.244 e. The Morgan fingerprint density at radius 3 is 2.76 bits per heavy atom. The Balaban J connectivity index is 0.00000220. The monoisotopic (exact) mass is 334 g/mol. The number of piperidine rings is 1. The first-order valence-electron chi connectivity index (χ1n) is 6.90. The molecule has 1 fully saturated rings. The number of aryl methyl sites for hydroxylation is 1. The van der Waals surface area contributed by atoms with E-state index in [0.29, 0.717) is 12.3 Å². The summed E-state index contributed by atoms with van der Waals surface area (Å²) < 4.78 is 32.6. The van der Waals surface area contributed by atoms with Gasteiger partial charge in [0.2, 0.25) is 10.0 Å². The molecule has 1 heterocycles. The number of nitrogens with one attached hydrogen (secondary N) is 2. The lowest BCUT2D eigenvalue weighted by molar-refractivity contribution is 0.394. The quantitative estimate of drug-likeness (QED) is 0.862. The van der Waals surface area contributed by atoms with E-state index in [0.717, 1.165) is 31.4 Å². The van der Waals surface area contributed by atoms with Gasteiger partial charge in [-0.3, -0.25) is 0 Å². The number of rotatable bonds is 5. The number of methoxy groups -OCH3 is 1. The van der Waals surface area contributed by atoms with Gasteiger partial charge in [0.15, 0.2) is 0 Å². The zero-order chi connectivity index (χ0) is 14.6. The van der Waals surface area contributed by atoms with Crippen LogP contribution in [0.5, 0.6) is 5.75 Å². The molecule has 1 saturated heterocycles. The average Bonchev–Trinajstić information content (AvgIpc) is 2.46. The Kier molecular flexibility index (Phi) is 6.93. The molecule has 0 amide bonds. The molecule has 0 radical (unpaired) electrons. The number of halogens is 1. The zero-order valence-corrected chi connectivity index (χ0v) is 14.0. The fraction of sp³-hybridized carbons (Fsp3) is 0.571. The maximum Gasteiger partial charge on any atom is 0.244 e. The number of benzene rings is 1. The first-order valence-corrected chi connectivity index (χ1v) is 8.39. The normalized spacial score (nSPS) is 18.9. The first kappa shape index (κ1) is 18.2. The van der Waals surface area contributed by atoms with Crippen molar-refractivity contribution in [2.75, 3.05) is 20.2 Å². The van der Waals surface area contributed by atoms with E-state index in [1.165, 1.54) is 7.11 Å². The molecule has 0 saturated carbocycles. The molecule has 21 heavy (non-hydrogen) atoms. The van der Waals surface area contributed by atoms with Crippen molar-refractivity contribution in [3.8, 4) is 5.75 Å². The average molecular weight is 335 g/mol. The van der Waals surface area contributed by atoms with Crippen molar-refractivity contribution in [2.24, 2.45) is 0 Å². The Labute approximate surface area is 132 Å². The molecule has 1 aliphatic heterocycles. The molecule has 1 aromatic carbocycles. The molecule has 0 aliphatic carbocycles. The second-order valence-corrected chi connectivity index (χ2v) is 6.89. The van der Waals surface area contributed by atoms with Gasteiger partial charge in [-0.25, -0.2) is 13.1 Å². The van der Waals surface area contributed by atoms with E-state index >= 15 is 0 Å².